The first-order chi connectivity index (χ1) is 12.7. The first kappa shape index (κ1) is 18.6. The first-order valence-corrected chi connectivity index (χ1v) is 9.46. The molecule has 1 amide bonds. The molecule has 2 aromatic rings. The fraction of sp³-hybridized carbons (Fsp3) is 0.409. The monoisotopic (exact) mass is 354 g/mol. The Kier molecular flexibility index (Phi) is 6.40. The van der Waals surface area contributed by atoms with E-state index in [1.54, 1.807) is 4.90 Å². The average molecular weight is 354 g/mol. The number of nitrogens with zero attached hydrogens (tertiary/aromatic N) is 2. The summed E-state index contributed by atoms with van der Waals surface area (Å²) in [5.41, 5.74) is 2.07. The summed E-state index contributed by atoms with van der Waals surface area (Å²) in [4.78, 5) is 16.3. The van der Waals surface area contributed by atoms with E-state index in [1.807, 2.05) is 55.5 Å². The van der Waals surface area contributed by atoms with Gasteiger partial charge in [0.25, 0.3) is 0 Å². The Morgan fingerprint density at radius 1 is 1.12 bits per heavy atom. The lowest BCUT2D eigenvalue weighted by Crippen LogP contribution is -2.54. The molecule has 3 rings (SSSR count). The molecule has 0 radical (unpaired) electrons. The summed E-state index contributed by atoms with van der Waals surface area (Å²) in [6.07, 6.45) is 0.941. The molecule has 1 saturated heterocycles. The predicted octanol–water partition coefficient (Wildman–Crippen LogP) is 4.08. The number of anilines is 1. The van der Waals surface area contributed by atoms with Gasteiger partial charge in [0.05, 0.1) is 6.04 Å². The number of benzene rings is 2. The number of carbonyl (C=O) groups excluding carboxylic acids is 1. The smallest absolute Gasteiger partial charge is 0.227 e. The highest BCUT2D eigenvalue weighted by atomic mass is 19.1. The molecule has 2 atom stereocenters. The number of amides is 1. The Hall–Kier alpha value is -2.20. The number of carbonyl (C=O) groups is 1. The molecular formula is C22H27FN2O. The Balaban J connectivity index is 1.64. The number of halogens is 1. The number of alkyl halides is 1. The largest absolute Gasteiger partial charge is 0.306 e. The summed E-state index contributed by atoms with van der Waals surface area (Å²) in [5, 5.41) is 0. The second-order valence-corrected chi connectivity index (χ2v) is 6.86. The zero-order valence-corrected chi connectivity index (χ0v) is 15.4. The normalized spacial score (nSPS) is 20.7. The molecule has 0 saturated carbocycles. The minimum absolute atomic E-state index is 0.0124. The van der Waals surface area contributed by atoms with Gasteiger partial charge in [0.2, 0.25) is 5.91 Å². The third kappa shape index (κ3) is 4.50. The lowest BCUT2D eigenvalue weighted by molar-refractivity contribution is -0.119. The Morgan fingerprint density at radius 2 is 1.77 bits per heavy atom. The van der Waals surface area contributed by atoms with Crippen molar-refractivity contribution in [2.75, 3.05) is 24.5 Å². The fourth-order valence-corrected chi connectivity index (χ4v) is 3.66. The summed E-state index contributed by atoms with van der Waals surface area (Å²) >= 11 is 0. The highest BCUT2D eigenvalue weighted by Gasteiger charge is 2.35. The van der Waals surface area contributed by atoms with Crippen molar-refractivity contribution < 1.29 is 9.18 Å². The summed E-state index contributed by atoms with van der Waals surface area (Å²) in [7, 11) is 0. The third-order valence-corrected chi connectivity index (χ3v) is 5.09. The van der Waals surface area contributed by atoms with Crippen LogP contribution in [0, 0.1) is 0 Å². The predicted molar refractivity (Wildman–Crippen MR) is 104 cm³/mol. The number of para-hydroxylation sites is 1. The van der Waals surface area contributed by atoms with Crippen LogP contribution in [0.5, 0.6) is 0 Å². The first-order valence-electron chi connectivity index (χ1n) is 9.46. The zero-order chi connectivity index (χ0) is 18.4. The molecule has 0 N–H and O–H groups in total. The SMILES string of the molecule is CCC(=O)N(c1ccccc1)[C@H]1CCN(CCc2ccccc2)C[C@H]1F. The van der Waals surface area contributed by atoms with Gasteiger partial charge in [-0.25, -0.2) is 4.39 Å². The average Bonchev–Trinajstić information content (AvgIpc) is 2.69. The molecule has 1 heterocycles. The second kappa shape index (κ2) is 8.95. The van der Waals surface area contributed by atoms with E-state index in [2.05, 4.69) is 17.0 Å². The molecule has 1 aliphatic heterocycles. The topological polar surface area (TPSA) is 23.6 Å². The van der Waals surface area contributed by atoms with Crippen molar-refractivity contribution in [1.29, 1.82) is 0 Å². The second-order valence-electron chi connectivity index (χ2n) is 6.86. The van der Waals surface area contributed by atoms with Crippen LogP contribution in [0.3, 0.4) is 0 Å². The third-order valence-electron chi connectivity index (χ3n) is 5.09. The van der Waals surface area contributed by atoms with Crippen LogP contribution >= 0.6 is 0 Å². The van der Waals surface area contributed by atoms with Gasteiger partial charge >= 0.3 is 0 Å². The quantitative estimate of drug-likeness (QED) is 0.780. The number of likely N-dealkylation sites (tertiary alicyclic amines) is 1. The van der Waals surface area contributed by atoms with Crippen LogP contribution in [0.25, 0.3) is 0 Å². The van der Waals surface area contributed by atoms with Crippen molar-refractivity contribution >= 4 is 11.6 Å². The van der Waals surface area contributed by atoms with Crippen LogP contribution in [0.15, 0.2) is 60.7 Å². The number of piperidine rings is 1. The molecule has 3 nitrogen and oxygen atoms in total. The molecule has 0 unspecified atom stereocenters. The number of rotatable bonds is 6. The lowest BCUT2D eigenvalue weighted by atomic mass is 9.99. The van der Waals surface area contributed by atoms with E-state index in [-0.39, 0.29) is 11.9 Å². The highest BCUT2D eigenvalue weighted by Crippen LogP contribution is 2.26. The van der Waals surface area contributed by atoms with E-state index in [0.29, 0.717) is 19.4 Å². The van der Waals surface area contributed by atoms with Gasteiger partial charge in [-0.1, -0.05) is 55.5 Å². The van der Waals surface area contributed by atoms with Gasteiger partial charge in [-0.15, -0.1) is 0 Å². The maximum Gasteiger partial charge on any atom is 0.227 e. The molecule has 1 aliphatic rings. The van der Waals surface area contributed by atoms with Crippen molar-refractivity contribution in [2.24, 2.45) is 0 Å². The zero-order valence-electron chi connectivity index (χ0n) is 15.4. The summed E-state index contributed by atoms with van der Waals surface area (Å²) in [5.74, 6) is -0.0124. The minimum atomic E-state index is -1.03. The van der Waals surface area contributed by atoms with Crippen molar-refractivity contribution in [3.8, 4) is 0 Å². The van der Waals surface area contributed by atoms with Crippen molar-refractivity contribution in [3.63, 3.8) is 0 Å². The molecule has 2 aromatic carbocycles. The molecule has 1 fully saturated rings. The molecular weight excluding hydrogens is 327 g/mol. The highest BCUT2D eigenvalue weighted by molar-refractivity contribution is 5.93. The van der Waals surface area contributed by atoms with Gasteiger partial charge in [0.1, 0.15) is 6.17 Å². The van der Waals surface area contributed by atoms with Crippen LogP contribution < -0.4 is 4.90 Å². The van der Waals surface area contributed by atoms with Crippen molar-refractivity contribution in [1.82, 2.24) is 4.90 Å². The van der Waals surface area contributed by atoms with Crippen LogP contribution in [0.4, 0.5) is 10.1 Å². The van der Waals surface area contributed by atoms with Gasteiger partial charge in [-0.3, -0.25) is 9.69 Å². The van der Waals surface area contributed by atoms with Crippen LogP contribution in [0.2, 0.25) is 0 Å². The standard InChI is InChI=1S/C22H27FN2O/c1-2-22(26)25(19-11-7-4-8-12-19)21-14-16-24(17-20(21)23)15-13-18-9-5-3-6-10-18/h3-12,20-21H,2,13-17H2,1H3/t20-,21+/m1/s1. The van der Waals surface area contributed by atoms with E-state index in [0.717, 1.165) is 25.2 Å². The van der Waals surface area contributed by atoms with Crippen molar-refractivity contribution in [2.45, 2.75) is 38.4 Å². The lowest BCUT2D eigenvalue weighted by Gasteiger charge is -2.40. The Morgan fingerprint density at radius 3 is 2.38 bits per heavy atom. The van der Waals surface area contributed by atoms with Gasteiger partial charge < -0.3 is 4.90 Å². The van der Waals surface area contributed by atoms with Gasteiger partial charge in [0, 0.05) is 31.7 Å². The number of hydrogen-bond donors (Lipinski definition) is 0. The Bertz CT molecular complexity index is 692. The van der Waals surface area contributed by atoms with E-state index in [9.17, 15) is 4.79 Å². The Labute approximate surface area is 155 Å². The molecule has 26 heavy (non-hydrogen) atoms. The van der Waals surface area contributed by atoms with E-state index in [1.165, 1.54) is 5.56 Å². The van der Waals surface area contributed by atoms with Gasteiger partial charge in [-0.05, 0) is 30.5 Å². The fourth-order valence-electron chi connectivity index (χ4n) is 3.66. The molecule has 138 valence electrons. The van der Waals surface area contributed by atoms with Crippen LogP contribution in [-0.2, 0) is 11.2 Å². The minimum Gasteiger partial charge on any atom is -0.306 e. The molecule has 0 spiro atoms. The summed E-state index contributed by atoms with van der Waals surface area (Å²) in [6.45, 7) is 3.89. The number of hydrogen-bond acceptors (Lipinski definition) is 2. The van der Waals surface area contributed by atoms with Crippen LogP contribution in [-0.4, -0.2) is 42.7 Å². The summed E-state index contributed by atoms with van der Waals surface area (Å²) < 4.78 is 15.0. The molecule has 0 bridgehead atoms. The van der Waals surface area contributed by atoms with Crippen molar-refractivity contribution in [3.05, 3.63) is 66.2 Å². The summed E-state index contributed by atoms with van der Waals surface area (Å²) in [6, 6.07) is 19.4. The molecule has 0 aromatic heterocycles. The van der Waals surface area contributed by atoms with Gasteiger partial charge in [-0.2, -0.15) is 0 Å². The van der Waals surface area contributed by atoms with E-state index in [4.69, 9.17) is 0 Å². The van der Waals surface area contributed by atoms with Gasteiger partial charge in [0.15, 0.2) is 0 Å². The maximum absolute atomic E-state index is 15.0. The van der Waals surface area contributed by atoms with Crippen LogP contribution in [0.1, 0.15) is 25.3 Å². The molecule has 4 heteroatoms. The molecule has 0 aliphatic carbocycles. The van der Waals surface area contributed by atoms with E-state index >= 15 is 4.39 Å². The van der Waals surface area contributed by atoms with E-state index < -0.39 is 6.17 Å². The maximum atomic E-state index is 15.0.